The smallest absolute Gasteiger partial charge is 0.221 e. The number of anilines is 2. The molecule has 88 valence electrons. The molecule has 1 aliphatic rings. The largest absolute Gasteiger partial charge is 0.369 e. The van der Waals surface area contributed by atoms with Gasteiger partial charge in [0, 0.05) is 19.3 Å². The minimum absolute atomic E-state index is 0.155. The monoisotopic (exact) mass is 222 g/mol. The van der Waals surface area contributed by atoms with Crippen molar-refractivity contribution in [3.63, 3.8) is 0 Å². The molecule has 1 aromatic rings. The Bertz CT molecular complexity index is 380. The van der Waals surface area contributed by atoms with Crippen molar-refractivity contribution in [1.82, 2.24) is 9.97 Å². The number of rotatable bonds is 1. The second kappa shape index (κ2) is 3.90. The molecule has 1 fully saturated rings. The molecular formula is C11H18N4O. The van der Waals surface area contributed by atoms with Gasteiger partial charge >= 0.3 is 0 Å². The predicted molar refractivity (Wildman–Crippen MR) is 63.3 cm³/mol. The normalized spacial score (nSPS) is 24.4. The van der Waals surface area contributed by atoms with Gasteiger partial charge in [-0.15, -0.1) is 0 Å². The first kappa shape index (κ1) is 11.1. The van der Waals surface area contributed by atoms with E-state index in [-0.39, 0.29) is 11.7 Å². The third-order valence-corrected chi connectivity index (χ3v) is 2.55. The van der Waals surface area contributed by atoms with Gasteiger partial charge in [0.25, 0.3) is 0 Å². The summed E-state index contributed by atoms with van der Waals surface area (Å²) in [6.07, 6.45) is 1.88. The molecule has 0 radical (unpaired) electrons. The SMILES string of the molecule is CC1CN(c2ccnc(N)n2)CC(C)(C)O1. The van der Waals surface area contributed by atoms with Crippen molar-refractivity contribution in [2.75, 3.05) is 23.7 Å². The lowest BCUT2D eigenvalue weighted by atomic mass is 10.1. The van der Waals surface area contributed by atoms with Gasteiger partial charge in [0.2, 0.25) is 5.95 Å². The van der Waals surface area contributed by atoms with E-state index in [1.165, 1.54) is 0 Å². The summed E-state index contributed by atoms with van der Waals surface area (Å²) in [6, 6.07) is 1.88. The van der Waals surface area contributed by atoms with Crippen molar-refractivity contribution >= 4 is 11.8 Å². The summed E-state index contributed by atoms with van der Waals surface area (Å²) in [6.45, 7) is 7.88. The zero-order valence-corrected chi connectivity index (χ0v) is 9.97. The predicted octanol–water partition coefficient (Wildman–Crippen LogP) is 1.06. The van der Waals surface area contributed by atoms with E-state index < -0.39 is 0 Å². The Kier molecular flexibility index (Phi) is 2.71. The van der Waals surface area contributed by atoms with E-state index in [2.05, 4.69) is 35.6 Å². The molecule has 1 aliphatic heterocycles. The molecule has 0 bridgehead atoms. The molecule has 1 atom stereocenters. The van der Waals surface area contributed by atoms with Crippen LogP contribution in [-0.4, -0.2) is 34.8 Å². The van der Waals surface area contributed by atoms with Crippen LogP contribution in [0.5, 0.6) is 0 Å². The maximum absolute atomic E-state index is 5.84. The first-order valence-electron chi connectivity index (χ1n) is 5.47. The Morgan fingerprint density at radius 2 is 2.31 bits per heavy atom. The van der Waals surface area contributed by atoms with Crippen molar-refractivity contribution in [2.45, 2.75) is 32.5 Å². The zero-order chi connectivity index (χ0) is 11.8. The average molecular weight is 222 g/mol. The van der Waals surface area contributed by atoms with E-state index in [0.717, 1.165) is 18.9 Å². The zero-order valence-electron chi connectivity index (χ0n) is 9.97. The summed E-state index contributed by atoms with van der Waals surface area (Å²) in [4.78, 5) is 10.3. The molecule has 1 unspecified atom stereocenters. The first-order valence-corrected chi connectivity index (χ1v) is 5.47. The molecule has 16 heavy (non-hydrogen) atoms. The minimum atomic E-state index is -0.155. The first-order chi connectivity index (χ1) is 7.46. The van der Waals surface area contributed by atoms with Crippen molar-refractivity contribution in [2.24, 2.45) is 0 Å². The molecule has 0 aliphatic carbocycles. The van der Waals surface area contributed by atoms with Crippen LogP contribution in [0, 0.1) is 0 Å². The molecule has 1 aromatic heterocycles. The van der Waals surface area contributed by atoms with Crippen LogP contribution in [0.15, 0.2) is 12.3 Å². The fourth-order valence-electron chi connectivity index (χ4n) is 2.17. The highest BCUT2D eigenvalue weighted by Gasteiger charge is 2.31. The maximum atomic E-state index is 5.84. The lowest BCUT2D eigenvalue weighted by Crippen LogP contribution is -2.52. The average Bonchev–Trinajstić information content (AvgIpc) is 2.14. The fraction of sp³-hybridized carbons (Fsp3) is 0.636. The van der Waals surface area contributed by atoms with E-state index in [0.29, 0.717) is 5.95 Å². The minimum Gasteiger partial charge on any atom is -0.369 e. The van der Waals surface area contributed by atoms with Crippen LogP contribution in [0.2, 0.25) is 0 Å². The fourth-order valence-corrected chi connectivity index (χ4v) is 2.17. The molecule has 0 spiro atoms. The van der Waals surface area contributed by atoms with Crippen molar-refractivity contribution in [3.05, 3.63) is 12.3 Å². The van der Waals surface area contributed by atoms with Crippen LogP contribution < -0.4 is 10.6 Å². The van der Waals surface area contributed by atoms with Gasteiger partial charge in [-0.25, -0.2) is 4.98 Å². The van der Waals surface area contributed by atoms with Crippen LogP contribution >= 0.6 is 0 Å². The van der Waals surface area contributed by atoms with Gasteiger partial charge in [0.15, 0.2) is 0 Å². The third-order valence-electron chi connectivity index (χ3n) is 2.55. The van der Waals surface area contributed by atoms with Crippen molar-refractivity contribution < 1.29 is 4.74 Å². The summed E-state index contributed by atoms with van der Waals surface area (Å²) in [5.41, 5.74) is 5.43. The standard InChI is InChI=1S/C11H18N4O/c1-8-6-15(7-11(2,3)16-8)9-4-5-13-10(12)14-9/h4-5,8H,6-7H2,1-3H3,(H2,12,13,14). The van der Waals surface area contributed by atoms with Gasteiger partial charge in [-0.2, -0.15) is 4.98 Å². The molecule has 0 saturated carbocycles. The maximum Gasteiger partial charge on any atom is 0.221 e. The topological polar surface area (TPSA) is 64.3 Å². The molecule has 1 saturated heterocycles. The molecular weight excluding hydrogens is 204 g/mol. The second-order valence-electron chi connectivity index (χ2n) is 4.84. The molecule has 5 nitrogen and oxygen atoms in total. The highest BCUT2D eigenvalue weighted by atomic mass is 16.5. The van der Waals surface area contributed by atoms with Crippen LogP contribution in [-0.2, 0) is 4.74 Å². The van der Waals surface area contributed by atoms with E-state index in [1.807, 2.05) is 6.07 Å². The van der Waals surface area contributed by atoms with Crippen LogP contribution in [0.25, 0.3) is 0 Å². The number of nitrogens with zero attached hydrogens (tertiary/aromatic N) is 3. The highest BCUT2D eigenvalue weighted by molar-refractivity contribution is 5.42. The number of hydrogen-bond donors (Lipinski definition) is 1. The quantitative estimate of drug-likeness (QED) is 0.769. The summed E-state index contributed by atoms with van der Waals surface area (Å²) in [5.74, 6) is 1.19. The van der Waals surface area contributed by atoms with Gasteiger partial charge < -0.3 is 15.4 Å². The van der Waals surface area contributed by atoms with E-state index in [9.17, 15) is 0 Å². The third kappa shape index (κ3) is 2.41. The van der Waals surface area contributed by atoms with E-state index in [4.69, 9.17) is 10.5 Å². The second-order valence-corrected chi connectivity index (χ2v) is 4.84. The van der Waals surface area contributed by atoms with Crippen molar-refractivity contribution in [3.8, 4) is 0 Å². The number of aromatic nitrogens is 2. The summed E-state index contributed by atoms with van der Waals surface area (Å²) in [7, 11) is 0. The Balaban J connectivity index is 2.21. The number of morpholine rings is 1. The molecule has 0 aromatic carbocycles. The number of ether oxygens (including phenoxy) is 1. The van der Waals surface area contributed by atoms with Crippen LogP contribution in [0.3, 0.4) is 0 Å². The van der Waals surface area contributed by atoms with Gasteiger partial charge in [-0.3, -0.25) is 0 Å². The van der Waals surface area contributed by atoms with Crippen LogP contribution in [0.4, 0.5) is 11.8 Å². The van der Waals surface area contributed by atoms with Crippen LogP contribution in [0.1, 0.15) is 20.8 Å². The lowest BCUT2D eigenvalue weighted by molar-refractivity contribution is -0.0751. The van der Waals surface area contributed by atoms with Gasteiger partial charge in [0.05, 0.1) is 11.7 Å². The van der Waals surface area contributed by atoms with E-state index >= 15 is 0 Å². The molecule has 2 N–H and O–H groups in total. The number of nitrogens with two attached hydrogens (primary N) is 1. The highest BCUT2D eigenvalue weighted by Crippen LogP contribution is 2.24. The lowest BCUT2D eigenvalue weighted by Gasteiger charge is -2.42. The Morgan fingerprint density at radius 1 is 1.56 bits per heavy atom. The molecule has 2 rings (SSSR count). The molecule has 5 heteroatoms. The number of hydrogen-bond acceptors (Lipinski definition) is 5. The summed E-state index contributed by atoms with van der Waals surface area (Å²) >= 11 is 0. The Hall–Kier alpha value is -1.36. The molecule has 2 heterocycles. The number of nitrogen functional groups attached to an aromatic ring is 1. The Morgan fingerprint density at radius 3 is 2.94 bits per heavy atom. The van der Waals surface area contributed by atoms with E-state index in [1.54, 1.807) is 6.20 Å². The van der Waals surface area contributed by atoms with Gasteiger partial charge in [-0.1, -0.05) is 0 Å². The van der Waals surface area contributed by atoms with Gasteiger partial charge in [0.1, 0.15) is 5.82 Å². The van der Waals surface area contributed by atoms with Crippen molar-refractivity contribution in [1.29, 1.82) is 0 Å². The molecule has 0 amide bonds. The Labute approximate surface area is 95.6 Å². The summed E-state index contributed by atoms with van der Waals surface area (Å²) in [5, 5.41) is 0. The summed E-state index contributed by atoms with van der Waals surface area (Å²) < 4.78 is 5.84. The van der Waals surface area contributed by atoms with Gasteiger partial charge in [-0.05, 0) is 26.8 Å².